The molecule has 0 atom stereocenters. The Bertz CT molecular complexity index is 647. The van der Waals surface area contributed by atoms with Crippen molar-refractivity contribution in [3.05, 3.63) is 70.4 Å². The summed E-state index contributed by atoms with van der Waals surface area (Å²) in [7, 11) is 0. The first-order valence-corrected chi connectivity index (χ1v) is 9.33. The zero-order chi connectivity index (χ0) is 14.7. The first-order valence-electron chi connectivity index (χ1n) is 6.76. The maximum absolute atomic E-state index is 2.24. The zero-order valence-electron chi connectivity index (χ0n) is 12.0. The van der Waals surface area contributed by atoms with Crippen molar-refractivity contribution in [3.63, 3.8) is 0 Å². The second-order valence-electron chi connectivity index (χ2n) is 4.93. The van der Waals surface area contributed by atoms with Crippen LogP contribution in [0.2, 0.25) is 0 Å². The monoisotopic (exact) mass is 328 g/mol. The molecule has 0 unspecified atom stereocenters. The standard InChI is InChI=1S/C18H16S3/c1-13-3-7-15(8-4-13)20-17-11-19-12-18(17)21-16-9-5-14(2)6-10-16/h3-12H,1-2H3. The third-order valence-electron chi connectivity index (χ3n) is 3.09. The molecule has 2 aromatic carbocycles. The van der Waals surface area contributed by atoms with Crippen molar-refractivity contribution in [3.8, 4) is 0 Å². The van der Waals surface area contributed by atoms with Crippen molar-refractivity contribution in [1.29, 1.82) is 0 Å². The van der Waals surface area contributed by atoms with E-state index in [0.29, 0.717) is 0 Å². The maximum Gasteiger partial charge on any atom is 0.0369 e. The van der Waals surface area contributed by atoms with Crippen LogP contribution < -0.4 is 0 Å². The fourth-order valence-electron chi connectivity index (χ4n) is 1.89. The third-order valence-corrected chi connectivity index (χ3v) is 6.39. The minimum Gasteiger partial charge on any atom is -0.150 e. The second-order valence-corrected chi connectivity index (χ2v) is 7.90. The highest BCUT2D eigenvalue weighted by Gasteiger charge is 2.07. The number of aryl methyl sites for hydroxylation is 2. The lowest BCUT2D eigenvalue weighted by molar-refractivity contribution is 1.29. The molecule has 0 spiro atoms. The van der Waals surface area contributed by atoms with Gasteiger partial charge < -0.3 is 0 Å². The van der Waals surface area contributed by atoms with Crippen LogP contribution in [-0.2, 0) is 0 Å². The molecule has 0 saturated heterocycles. The summed E-state index contributed by atoms with van der Waals surface area (Å²) >= 11 is 5.45. The zero-order valence-corrected chi connectivity index (χ0v) is 14.4. The predicted molar refractivity (Wildman–Crippen MR) is 94.9 cm³/mol. The summed E-state index contributed by atoms with van der Waals surface area (Å²) < 4.78 is 0. The van der Waals surface area contributed by atoms with Gasteiger partial charge in [-0.2, -0.15) is 11.3 Å². The number of rotatable bonds is 4. The predicted octanol–water partition coefficient (Wildman–Crippen LogP) is 6.67. The molecule has 0 fully saturated rings. The minimum absolute atomic E-state index is 1.30. The van der Waals surface area contributed by atoms with Crippen LogP contribution in [0.3, 0.4) is 0 Å². The van der Waals surface area contributed by atoms with E-state index in [9.17, 15) is 0 Å². The van der Waals surface area contributed by atoms with E-state index in [1.165, 1.54) is 30.7 Å². The van der Waals surface area contributed by atoms with Crippen LogP contribution in [0.1, 0.15) is 11.1 Å². The van der Waals surface area contributed by atoms with E-state index in [0.717, 1.165) is 0 Å². The summed E-state index contributed by atoms with van der Waals surface area (Å²) in [6.07, 6.45) is 0. The Labute approximate surface area is 138 Å². The van der Waals surface area contributed by atoms with E-state index in [1.54, 1.807) is 11.3 Å². The number of hydrogen-bond donors (Lipinski definition) is 0. The molecule has 0 nitrogen and oxygen atoms in total. The van der Waals surface area contributed by atoms with E-state index in [1.807, 2.05) is 23.5 Å². The first-order chi connectivity index (χ1) is 10.2. The van der Waals surface area contributed by atoms with Crippen LogP contribution in [0.15, 0.2) is 78.9 Å². The van der Waals surface area contributed by atoms with Crippen molar-refractivity contribution in [2.75, 3.05) is 0 Å². The summed E-state index contributed by atoms with van der Waals surface area (Å²) in [5.74, 6) is 0. The molecule has 0 saturated carbocycles. The molecule has 1 heterocycles. The summed E-state index contributed by atoms with van der Waals surface area (Å²) in [5.41, 5.74) is 2.61. The lowest BCUT2D eigenvalue weighted by Gasteiger charge is -2.05. The van der Waals surface area contributed by atoms with Gasteiger partial charge in [-0.1, -0.05) is 58.9 Å². The Hall–Kier alpha value is -1.16. The van der Waals surface area contributed by atoms with Gasteiger partial charge in [0.15, 0.2) is 0 Å². The average Bonchev–Trinajstić information content (AvgIpc) is 2.91. The number of benzene rings is 2. The molecule has 0 aliphatic carbocycles. The van der Waals surface area contributed by atoms with Gasteiger partial charge in [0.05, 0.1) is 0 Å². The normalized spacial score (nSPS) is 10.8. The fraction of sp³-hybridized carbons (Fsp3) is 0.111. The lowest BCUT2D eigenvalue weighted by atomic mass is 10.2. The molecule has 3 heteroatoms. The van der Waals surface area contributed by atoms with Crippen molar-refractivity contribution >= 4 is 34.9 Å². The van der Waals surface area contributed by atoms with Gasteiger partial charge in [-0.25, -0.2) is 0 Å². The van der Waals surface area contributed by atoms with Crippen LogP contribution in [0.5, 0.6) is 0 Å². The van der Waals surface area contributed by atoms with Crippen molar-refractivity contribution in [2.45, 2.75) is 33.4 Å². The Morgan fingerprint density at radius 1 is 0.619 bits per heavy atom. The van der Waals surface area contributed by atoms with Gasteiger partial charge in [0, 0.05) is 30.3 Å². The molecule has 21 heavy (non-hydrogen) atoms. The van der Waals surface area contributed by atoms with Crippen LogP contribution in [0, 0.1) is 13.8 Å². The molecule has 0 aliphatic heterocycles. The summed E-state index contributed by atoms with van der Waals surface area (Å²) in [5, 5.41) is 4.47. The molecular weight excluding hydrogens is 312 g/mol. The molecule has 106 valence electrons. The summed E-state index contributed by atoms with van der Waals surface area (Å²) in [6.45, 7) is 4.25. The SMILES string of the molecule is Cc1ccc(Sc2cscc2Sc2ccc(C)cc2)cc1. The fourth-order valence-corrected chi connectivity index (χ4v) is 4.95. The van der Waals surface area contributed by atoms with E-state index in [-0.39, 0.29) is 0 Å². The quantitative estimate of drug-likeness (QED) is 0.524. The number of hydrogen-bond acceptors (Lipinski definition) is 3. The highest BCUT2D eigenvalue weighted by atomic mass is 32.2. The van der Waals surface area contributed by atoms with Crippen molar-refractivity contribution < 1.29 is 0 Å². The van der Waals surface area contributed by atoms with E-state index in [4.69, 9.17) is 0 Å². The molecule has 0 aliphatic rings. The van der Waals surface area contributed by atoms with Gasteiger partial charge in [-0.15, -0.1) is 0 Å². The van der Waals surface area contributed by atoms with Crippen LogP contribution >= 0.6 is 34.9 Å². The third kappa shape index (κ3) is 3.94. The molecule has 3 aromatic rings. The highest BCUT2D eigenvalue weighted by molar-refractivity contribution is 8.02. The Morgan fingerprint density at radius 3 is 1.38 bits per heavy atom. The van der Waals surface area contributed by atoms with Gasteiger partial charge in [0.1, 0.15) is 0 Å². The van der Waals surface area contributed by atoms with E-state index < -0.39 is 0 Å². The Balaban J connectivity index is 1.77. The van der Waals surface area contributed by atoms with Crippen molar-refractivity contribution in [2.24, 2.45) is 0 Å². The molecule has 0 radical (unpaired) electrons. The average molecular weight is 329 g/mol. The van der Waals surface area contributed by atoms with Gasteiger partial charge in [0.2, 0.25) is 0 Å². The Kier molecular flexibility index (Phi) is 4.73. The summed E-state index contributed by atoms with van der Waals surface area (Å²) in [4.78, 5) is 5.28. The smallest absolute Gasteiger partial charge is 0.0369 e. The van der Waals surface area contributed by atoms with Crippen LogP contribution in [0.25, 0.3) is 0 Å². The minimum atomic E-state index is 1.30. The summed E-state index contributed by atoms with van der Waals surface area (Å²) in [6, 6.07) is 17.4. The second kappa shape index (κ2) is 6.73. The molecule has 0 amide bonds. The highest BCUT2D eigenvalue weighted by Crippen LogP contribution is 2.41. The number of thiophene rings is 1. The molecule has 0 N–H and O–H groups in total. The largest absolute Gasteiger partial charge is 0.150 e. The van der Waals surface area contributed by atoms with Gasteiger partial charge in [-0.05, 0) is 38.1 Å². The lowest BCUT2D eigenvalue weighted by Crippen LogP contribution is -1.77. The van der Waals surface area contributed by atoms with E-state index in [2.05, 4.69) is 73.1 Å². The van der Waals surface area contributed by atoms with Gasteiger partial charge in [0.25, 0.3) is 0 Å². The molecule has 3 rings (SSSR count). The van der Waals surface area contributed by atoms with Gasteiger partial charge in [-0.3, -0.25) is 0 Å². The first kappa shape index (κ1) is 14.8. The maximum atomic E-state index is 2.24. The molecule has 0 bridgehead atoms. The van der Waals surface area contributed by atoms with Crippen molar-refractivity contribution in [1.82, 2.24) is 0 Å². The molecule has 1 aromatic heterocycles. The van der Waals surface area contributed by atoms with Gasteiger partial charge >= 0.3 is 0 Å². The van der Waals surface area contributed by atoms with Crippen LogP contribution in [0.4, 0.5) is 0 Å². The molecular formula is C18H16S3. The van der Waals surface area contributed by atoms with Crippen LogP contribution in [-0.4, -0.2) is 0 Å². The Morgan fingerprint density at radius 2 is 1.00 bits per heavy atom. The van der Waals surface area contributed by atoms with E-state index >= 15 is 0 Å². The topological polar surface area (TPSA) is 0 Å².